The van der Waals surface area contributed by atoms with Crippen molar-refractivity contribution in [2.45, 2.75) is 20.3 Å². The smallest absolute Gasteiger partial charge is 0.317 e. The molecule has 0 aliphatic rings. The molecule has 5 heteroatoms. The molecule has 0 fully saturated rings. The molecule has 0 radical (unpaired) electrons. The number of nitrogens with one attached hydrogen (secondary N) is 1. The Morgan fingerprint density at radius 1 is 1.40 bits per heavy atom. The molecule has 1 unspecified atom stereocenters. The van der Waals surface area contributed by atoms with Crippen molar-refractivity contribution in [1.82, 2.24) is 10.2 Å². The van der Waals surface area contributed by atoms with E-state index in [9.17, 15) is 9.59 Å². The molecule has 0 aromatic heterocycles. The van der Waals surface area contributed by atoms with Crippen molar-refractivity contribution >= 4 is 12.0 Å². The normalized spacial score (nSPS) is 11.8. The van der Waals surface area contributed by atoms with Gasteiger partial charge in [-0.1, -0.05) is 36.8 Å². The number of hydrogen-bond donors (Lipinski definition) is 2. The van der Waals surface area contributed by atoms with Gasteiger partial charge < -0.3 is 15.3 Å². The summed E-state index contributed by atoms with van der Waals surface area (Å²) in [5.41, 5.74) is 2.37. The standard InChI is InChI=1S/C15H22N2O3/c1-11-5-4-6-13(9-11)7-8-16-15(20)17(3)10-12(2)14(18)19/h4-6,9,12H,7-8,10H2,1-3H3,(H,16,20)(H,18,19). The summed E-state index contributed by atoms with van der Waals surface area (Å²) in [6, 6.07) is 7.89. The number of aliphatic carboxylic acids is 1. The third kappa shape index (κ3) is 5.30. The summed E-state index contributed by atoms with van der Waals surface area (Å²) in [7, 11) is 1.60. The van der Waals surface area contributed by atoms with E-state index in [1.54, 1.807) is 14.0 Å². The van der Waals surface area contributed by atoms with Crippen molar-refractivity contribution in [3.8, 4) is 0 Å². The molecular formula is C15H22N2O3. The lowest BCUT2D eigenvalue weighted by Crippen LogP contribution is -2.41. The summed E-state index contributed by atoms with van der Waals surface area (Å²) in [5.74, 6) is -1.47. The van der Waals surface area contributed by atoms with Gasteiger partial charge in [0.25, 0.3) is 0 Å². The average molecular weight is 278 g/mol. The number of carbonyl (C=O) groups is 2. The Kier molecular flexibility index (Phi) is 6.03. The van der Waals surface area contributed by atoms with Crippen LogP contribution in [0.15, 0.2) is 24.3 Å². The van der Waals surface area contributed by atoms with Gasteiger partial charge in [-0.15, -0.1) is 0 Å². The van der Waals surface area contributed by atoms with Crippen LogP contribution in [-0.2, 0) is 11.2 Å². The van der Waals surface area contributed by atoms with Gasteiger partial charge in [-0.2, -0.15) is 0 Å². The molecule has 1 atom stereocenters. The van der Waals surface area contributed by atoms with E-state index < -0.39 is 11.9 Å². The number of urea groups is 1. The Labute approximate surface area is 119 Å². The van der Waals surface area contributed by atoms with E-state index in [1.165, 1.54) is 16.0 Å². The molecule has 1 aromatic carbocycles. The lowest BCUT2D eigenvalue weighted by Gasteiger charge is -2.20. The fraction of sp³-hybridized carbons (Fsp3) is 0.467. The van der Waals surface area contributed by atoms with E-state index >= 15 is 0 Å². The summed E-state index contributed by atoms with van der Waals surface area (Å²) in [4.78, 5) is 23.9. The largest absolute Gasteiger partial charge is 0.481 e. The average Bonchev–Trinajstić information content (AvgIpc) is 2.38. The maximum atomic E-state index is 11.8. The van der Waals surface area contributed by atoms with E-state index in [-0.39, 0.29) is 12.6 Å². The first-order valence-corrected chi connectivity index (χ1v) is 6.67. The maximum Gasteiger partial charge on any atom is 0.317 e. The Morgan fingerprint density at radius 2 is 2.10 bits per heavy atom. The van der Waals surface area contributed by atoms with Crippen LogP contribution in [0.25, 0.3) is 0 Å². The van der Waals surface area contributed by atoms with Crippen LogP contribution >= 0.6 is 0 Å². The topological polar surface area (TPSA) is 69.6 Å². The fourth-order valence-electron chi connectivity index (χ4n) is 1.89. The second-order valence-corrected chi connectivity index (χ2v) is 5.09. The van der Waals surface area contributed by atoms with Gasteiger partial charge in [-0.3, -0.25) is 4.79 Å². The van der Waals surface area contributed by atoms with Gasteiger partial charge in [0.1, 0.15) is 0 Å². The lowest BCUT2D eigenvalue weighted by molar-refractivity contribution is -0.141. The predicted molar refractivity (Wildman–Crippen MR) is 77.7 cm³/mol. The van der Waals surface area contributed by atoms with E-state index in [4.69, 9.17) is 5.11 Å². The van der Waals surface area contributed by atoms with Gasteiger partial charge in [0.05, 0.1) is 5.92 Å². The minimum atomic E-state index is -0.899. The highest BCUT2D eigenvalue weighted by molar-refractivity contribution is 5.75. The van der Waals surface area contributed by atoms with Gasteiger partial charge in [0.2, 0.25) is 0 Å². The number of carboxylic acids is 1. The lowest BCUT2D eigenvalue weighted by atomic mass is 10.1. The SMILES string of the molecule is Cc1cccc(CCNC(=O)N(C)CC(C)C(=O)O)c1. The summed E-state index contributed by atoms with van der Waals surface area (Å²) in [6.45, 7) is 4.35. The number of hydrogen-bond acceptors (Lipinski definition) is 2. The Bertz CT molecular complexity index is 474. The van der Waals surface area contributed by atoms with Crippen LogP contribution in [0.3, 0.4) is 0 Å². The summed E-state index contributed by atoms with van der Waals surface area (Å²) < 4.78 is 0. The minimum Gasteiger partial charge on any atom is -0.481 e. The van der Waals surface area contributed by atoms with Crippen molar-refractivity contribution < 1.29 is 14.7 Å². The second kappa shape index (κ2) is 7.53. The van der Waals surface area contributed by atoms with Crippen LogP contribution < -0.4 is 5.32 Å². The monoisotopic (exact) mass is 278 g/mol. The van der Waals surface area contributed by atoms with Crippen molar-refractivity contribution in [3.63, 3.8) is 0 Å². The third-order valence-corrected chi connectivity index (χ3v) is 3.09. The second-order valence-electron chi connectivity index (χ2n) is 5.09. The van der Waals surface area contributed by atoms with Crippen LogP contribution in [0, 0.1) is 12.8 Å². The summed E-state index contributed by atoms with van der Waals surface area (Å²) in [6.07, 6.45) is 0.760. The molecule has 0 bridgehead atoms. The number of aryl methyl sites for hydroxylation is 1. The van der Waals surface area contributed by atoms with Crippen molar-refractivity contribution in [3.05, 3.63) is 35.4 Å². The zero-order valence-corrected chi connectivity index (χ0v) is 12.2. The highest BCUT2D eigenvalue weighted by Gasteiger charge is 2.16. The van der Waals surface area contributed by atoms with Gasteiger partial charge in [0, 0.05) is 20.1 Å². The highest BCUT2D eigenvalue weighted by Crippen LogP contribution is 2.04. The Morgan fingerprint density at radius 3 is 2.70 bits per heavy atom. The molecule has 1 rings (SSSR count). The van der Waals surface area contributed by atoms with E-state index in [1.807, 2.05) is 25.1 Å². The number of rotatable bonds is 6. The first-order valence-electron chi connectivity index (χ1n) is 6.67. The Balaban J connectivity index is 2.34. The molecule has 1 aromatic rings. The molecule has 0 aliphatic heterocycles. The van der Waals surface area contributed by atoms with Gasteiger partial charge in [0.15, 0.2) is 0 Å². The molecule has 20 heavy (non-hydrogen) atoms. The minimum absolute atomic E-state index is 0.200. The van der Waals surface area contributed by atoms with Crippen LogP contribution in [0.5, 0.6) is 0 Å². The molecule has 5 nitrogen and oxygen atoms in total. The maximum absolute atomic E-state index is 11.8. The quantitative estimate of drug-likeness (QED) is 0.835. The Hall–Kier alpha value is -2.04. The van der Waals surface area contributed by atoms with Gasteiger partial charge in [-0.05, 0) is 18.9 Å². The van der Waals surface area contributed by atoms with E-state index in [0.29, 0.717) is 6.54 Å². The molecule has 0 spiro atoms. The van der Waals surface area contributed by atoms with Crippen LogP contribution in [0.1, 0.15) is 18.1 Å². The number of carbonyl (C=O) groups excluding carboxylic acids is 1. The first-order chi connectivity index (χ1) is 9.40. The summed E-state index contributed by atoms with van der Waals surface area (Å²) >= 11 is 0. The zero-order chi connectivity index (χ0) is 15.1. The molecule has 0 aliphatic carbocycles. The number of carboxylic acid groups (broad SMARTS) is 1. The third-order valence-electron chi connectivity index (χ3n) is 3.09. The number of nitrogens with zero attached hydrogens (tertiary/aromatic N) is 1. The molecule has 2 N–H and O–H groups in total. The molecule has 0 saturated heterocycles. The van der Waals surface area contributed by atoms with Crippen molar-refractivity contribution in [2.75, 3.05) is 20.1 Å². The van der Waals surface area contributed by atoms with Crippen molar-refractivity contribution in [1.29, 1.82) is 0 Å². The van der Waals surface area contributed by atoms with Crippen LogP contribution in [-0.4, -0.2) is 42.1 Å². The van der Waals surface area contributed by atoms with Gasteiger partial charge in [-0.25, -0.2) is 4.79 Å². The van der Waals surface area contributed by atoms with Crippen LogP contribution in [0.4, 0.5) is 4.79 Å². The van der Waals surface area contributed by atoms with Crippen molar-refractivity contribution in [2.24, 2.45) is 5.92 Å². The van der Waals surface area contributed by atoms with E-state index in [2.05, 4.69) is 11.4 Å². The number of benzene rings is 1. The molecule has 110 valence electrons. The van der Waals surface area contributed by atoms with Gasteiger partial charge >= 0.3 is 12.0 Å². The first kappa shape index (κ1) is 16.0. The van der Waals surface area contributed by atoms with E-state index in [0.717, 1.165) is 6.42 Å². The molecule has 2 amide bonds. The molecular weight excluding hydrogens is 256 g/mol. The molecule has 0 saturated carbocycles. The number of amides is 2. The fourth-order valence-corrected chi connectivity index (χ4v) is 1.89. The summed E-state index contributed by atoms with van der Waals surface area (Å²) in [5, 5.41) is 11.6. The van der Waals surface area contributed by atoms with Crippen LogP contribution in [0.2, 0.25) is 0 Å². The highest BCUT2D eigenvalue weighted by atomic mass is 16.4. The zero-order valence-electron chi connectivity index (χ0n) is 12.2. The molecule has 0 heterocycles. The predicted octanol–water partition coefficient (Wildman–Crippen LogP) is 1.90.